The van der Waals surface area contributed by atoms with Gasteiger partial charge in [0, 0.05) is 25.2 Å². The van der Waals surface area contributed by atoms with Gasteiger partial charge in [0.2, 0.25) is 5.91 Å². The first-order valence-electron chi connectivity index (χ1n) is 6.48. The van der Waals surface area contributed by atoms with E-state index in [2.05, 4.69) is 5.32 Å². The Hall–Kier alpha value is -2.08. The molecular weight excluding hydrogens is 260 g/mol. The van der Waals surface area contributed by atoms with Gasteiger partial charge >= 0.3 is 0 Å². The Bertz CT molecular complexity index is 490. The molecule has 1 aromatic carbocycles. The van der Waals surface area contributed by atoms with Crippen molar-refractivity contribution >= 4 is 11.8 Å². The standard InChI is InChI=1S/C14H18N2O4/c1-19-12-4-2-3-11(9-12)14(18)15-5-6-16-7-8-20-10-13(16)17/h2-4,9H,5-8,10H2,1H3,(H,15,18). The van der Waals surface area contributed by atoms with E-state index in [1.165, 1.54) is 0 Å². The van der Waals surface area contributed by atoms with Crippen LogP contribution in [-0.2, 0) is 9.53 Å². The quantitative estimate of drug-likeness (QED) is 0.840. The van der Waals surface area contributed by atoms with Gasteiger partial charge in [0.1, 0.15) is 12.4 Å². The number of nitrogens with one attached hydrogen (secondary N) is 1. The van der Waals surface area contributed by atoms with Crippen LogP contribution in [0.5, 0.6) is 5.75 Å². The van der Waals surface area contributed by atoms with Crippen molar-refractivity contribution in [3.63, 3.8) is 0 Å². The van der Waals surface area contributed by atoms with Crippen LogP contribution in [0.4, 0.5) is 0 Å². The molecule has 0 aromatic heterocycles. The number of hydrogen-bond donors (Lipinski definition) is 1. The fourth-order valence-electron chi connectivity index (χ4n) is 1.96. The van der Waals surface area contributed by atoms with Crippen molar-refractivity contribution in [1.82, 2.24) is 10.2 Å². The highest BCUT2D eigenvalue weighted by Crippen LogP contribution is 2.12. The minimum Gasteiger partial charge on any atom is -0.497 e. The van der Waals surface area contributed by atoms with Gasteiger partial charge < -0.3 is 19.7 Å². The first kappa shape index (κ1) is 14.3. The Balaban J connectivity index is 1.81. The van der Waals surface area contributed by atoms with E-state index in [9.17, 15) is 9.59 Å². The van der Waals surface area contributed by atoms with E-state index in [4.69, 9.17) is 9.47 Å². The lowest BCUT2D eigenvalue weighted by atomic mass is 10.2. The number of hydrogen-bond acceptors (Lipinski definition) is 4. The highest BCUT2D eigenvalue weighted by atomic mass is 16.5. The van der Waals surface area contributed by atoms with Gasteiger partial charge in [-0.1, -0.05) is 6.07 Å². The molecule has 1 aliphatic rings. The molecule has 0 spiro atoms. The molecule has 0 unspecified atom stereocenters. The summed E-state index contributed by atoms with van der Waals surface area (Å²) in [6, 6.07) is 6.94. The molecule has 6 nitrogen and oxygen atoms in total. The van der Waals surface area contributed by atoms with E-state index in [0.717, 1.165) is 0 Å². The van der Waals surface area contributed by atoms with Crippen LogP contribution in [0.3, 0.4) is 0 Å². The SMILES string of the molecule is COc1cccc(C(=O)NCCN2CCOCC2=O)c1. The molecule has 0 aliphatic carbocycles. The number of carbonyl (C=O) groups is 2. The number of nitrogens with zero attached hydrogens (tertiary/aromatic N) is 1. The van der Waals surface area contributed by atoms with Crippen LogP contribution < -0.4 is 10.1 Å². The summed E-state index contributed by atoms with van der Waals surface area (Å²) in [4.78, 5) is 25.1. The van der Waals surface area contributed by atoms with Crippen molar-refractivity contribution < 1.29 is 19.1 Å². The minimum absolute atomic E-state index is 0.0353. The second-order valence-electron chi connectivity index (χ2n) is 4.42. The molecule has 2 amide bonds. The van der Waals surface area contributed by atoms with Crippen molar-refractivity contribution in [3.05, 3.63) is 29.8 Å². The number of amides is 2. The molecule has 1 N–H and O–H groups in total. The van der Waals surface area contributed by atoms with Gasteiger partial charge in [-0.05, 0) is 18.2 Å². The van der Waals surface area contributed by atoms with E-state index in [-0.39, 0.29) is 18.4 Å². The lowest BCUT2D eigenvalue weighted by molar-refractivity contribution is -0.142. The average molecular weight is 278 g/mol. The van der Waals surface area contributed by atoms with Crippen molar-refractivity contribution in [2.75, 3.05) is 40.0 Å². The van der Waals surface area contributed by atoms with Crippen LogP contribution in [0.2, 0.25) is 0 Å². The first-order valence-corrected chi connectivity index (χ1v) is 6.48. The van der Waals surface area contributed by atoms with Crippen LogP contribution in [0, 0.1) is 0 Å². The lowest BCUT2D eigenvalue weighted by Crippen LogP contribution is -2.45. The van der Waals surface area contributed by atoms with E-state index in [1.54, 1.807) is 36.3 Å². The van der Waals surface area contributed by atoms with E-state index in [0.29, 0.717) is 37.6 Å². The van der Waals surface area contributed by atoms with Gasteiger partial charge in [0.15, 0.2) is 0 Å². The third kappa shape index (κ3) is 3.71. The summed E-state index contributed by atoms with van der Waals surface area (Å²) in [6.45, 7) is 2.17. The summed E-state index contributed by atoms with van der Waals surface area (Å²) in [7, 11) is 1.56. The fraction of sp³-hybridized carbons (Fsp3) is 0.429. The first-order chi connectivity index (χ1) is 9.70. The zero-order valence-electron chi connectivity index (χ0n) is 11.4. The van der Waals surface area contributed by atoms with Crippen LogP contribution in [0.25, 0.3) is 0 Å². The zero-order chi connectivity index (χ0) is 14.4. The van der Waals surface area contributed by atoms with Gasteiger partial charge in [0.25, 0.3) is 5.91 Å². The maximum Gasteiger partial charge on any atom is 0.251 e. The minimum atomic E-state index is -0.176. The molecule has 1 aliphatic heterocycles. The smallest absolute Gasteiger partial charge is 0.251 e. The van der Waals surface area contributed by atoms with E-state index < -0.39 is 0 Å². The Labute approximate surface area is 117 Å². The summed E-state index contributed by atoms with van der Waals surface area (Å²) in [5.41, 5.74) is 0.539. The summed E-state index contributed by atoms with van der Waals surface area (Å²) in [6.07, 6.45) is 0. The number of methoxy groups -OCH3 is 1. The molecule has 1 fully saturated rings. The van der Waals surface area contributed by atoms with Crippen molar-refractivity contribution in [2.45, 2.75) is 0 Å². The van der Waals surface area contributed by atoms with Crippen molar-refractivity contribution in [2.24, 2.45) is 0 Å². The molecule has 0 bridgehead atoms. The Morgan fingerprint density at radius 3 is 3.10 bits per heavy atom. The molecule has 0 radical (unpaired) electrons. The third-order valence-corrected chi connectivity index (χ3v) is 3.08. The molecule has 0 atom stereocenters. The van der Waals surface area contributed by atoms with Gasteiger partial charge in [-0.2, -0.15) is 0 Å². The molecule has 6 heteroatoms. The monoisotopic (exact) mass is 278 g/mol. The maximum atomic E-state index is 11.9. The summed E-state index contributed by atoms with van der Waals surface area (Å²) < 4.78 is 10.1. The topological polar surface area (TPSA) is 67.9 Å². The van der Waals surface area contributed by atoms with Crippen molar-refractivity contribution in [3.8, 4) is 5.75 Å². The molecule has 1 heterocycles. The number of ether oxygens (including phenoxy) is 2. The fourth-order valence-corrected chi connectivity index (χ4v) is 1.96. The van der Waals surface area contributed by atoms with Crippen LogP contribution in [0.1, 0.15) is 10.4 Å². The molecule has 1 saturated heterocycles. The molecule has 0 saturated carbocycles. The zero-order valence-corrected chi connectivity index (χ0v) is 11.4. The largest absolute Gasteiger partial charge is 0.497 e. The molecule has 20 heavy (non-hydrogen) atoms. The van der Waals surface area contributed by atoms with E-state index in [1.807, 2.05) is 0 Å². The van der Waals surface area contributed by atoms with Crippen LogP contribution in [0.15, 0.2) is 24.3 Å². The van der Waals surface area contributed by atoms with Gasteiger partial charge in [-0.3, -0.25) is 9.59 Å². The third-order valence-electron chi connectivity index (χ3n) is 3.08. The Morgan fingerprint density at radius 2 is 2.35 bits per heavy atom. The predicted molar refractivity (Wildman–Crippen MR) is 72.7 cm³/mol. The second-order valence-corrected chi connectivity index (χ2v) is 4.42. The number of benzene rings is 1. The highest BCUT2D eigenvalue weighted by molar-refractivity contribution is 5.94. The normalized spacial score (nSPS) is 15.1. The molecule has 2 rings (SSSR count). The Kier molecular flexibility index (Phi) is 4.95. The molecular formula is C14H18N2O4. The van der Waals surface area contributed by atoms with E-state index >= 15 is 0 Å². The lowest BCUT2D eigenvalue weighted by Gasteiger charge is -2.26. The van der Waals surface area contributed by atoms with Gasteiger partial charge in [-0.25, -0.2) is 0 Å². The van der Waals surface area contributed by atoms with Crippen LogP contribution >= 0.6 is 0 Å². The molecule has 1 aromatic rings. The Morgan fingerprint density at radius 1 is 1.50 bits per heavy atom. The second kappa shape index (κ2) is 6.91. The van der Waals surface area contributed by atoms with Crippen LogP contribution in [-0.4, -0.2) is 56.7 Å². The number of carbonyl (C=O) groups excluding carboxylic acids is 2. The number of morpholine rings is 1. The van der Waals surface area contributed by atoms with Gasteiger partial charge in [0.05, 0.1) is 13.7 Å². The van der Waals surface area contributed by atoms with Gasteiger partial charge in [-0.15, -0.1) is 0 Å². The highest BCUT2D eigenvalue weighted by Gasteiger charge is 2.18. The average Bonchev–Trinajstić information content (AvgIpc) is 2.49. The number of rotatable bonds is 5. The summed E-state index contributed by atoms with van der Waals surface area (Å²) >= 11 is 0. The van der Waals surface area contributed by atoms with Crippen molar-refractivity contribution in [1.29, 1.82) is 0 Å². The summed E-state index contributed by atoms with van der Waals surface area (Å²) in [5, 5.41) is 2.79. The predicted octanol–water partition coefficient (Wildman–Crippen LogP) is 0.284. The molecule has 108 valence electrons. The summed E-state index contributed by atoms with van der Waals surface area (Å²) in [5.74, 6) is 0.428. The maximum absolute atomic E-state index is 11.9.